The summed E-state index contributed by atoms with van der Waals surface area (Å²) >= 11 is 0. The van der Waals surface area contributed by atoms with E-state index in [1.165, 1.54) is 19.3 Å². The second kappa shape index (κ2) is 7.68. The van der Waals surface area contributed by atoms with Crippen molar-refractivity contribution in [3.63, 3.8) is 0 Å². The highest BCUT2D eigenvalue weighted by molar-refractivity contribution is 5.56. The summed E-state index contributed by atoms with van der Waals surface area (Å²) in [6, 6.07) is 4.59. The lowest BCUT2D eigenvalue weighted by molar-refractivity contribution is 0.479. The molecule has 1 saturated heterocycles. The van der Waals surface area contributed by atoms with Crippen LogP contribution in [0.3, 0.4) is 0 Å². The summed E-state index contributed by atoms with van der Waals surface area (Å²) in [6.45, 7) is 4.21. The lowest BCUT2D eigenvalue weighted by Crippen LogP contribution is -2.41. The van der Waals surface area contributed by atoms with Gasteiger partial charge in [0.2, 0.25) is 0 Å². The number of rotatable bonds is 4. The first kappa shape index (κ1) is 18.0. The number of nitrogen functional groups attached to an aromatic ring is 1. The lowest BCUT2D eigenvalue weighted by atomic mass is 10.0. The molecule has 2 aliphatic heterocycles. The van der Waals surface area contributed by atoms with Crippen LogP contribution in [-0.4, -0.2) is 41.1 Å². The average Bonchev–Trinajstić information content (AvgIpc) is 2.70. The van der Waals surface area contributed by atoms with Crippen LogP contribution in [0.15, 0.2) is 24.5 Å². The van der Waals surface area contributed by atoms with Gasteiger partial charge in [0.15, 0.2) is 5.82 Å². The van der Waals surface area contributed by atoms with Gasteiger partial charge in [-0.3, -0.25) is 10.3 Å². The van der Waals surface area contributed by atoms with Crippen LogP contribution in [0.2, 0.25) is 0 Å². The molecule has 0 aliphatic carbocycles. The molecular weight excluding hydrogens is 338 g/mol. The summed E-state index contributed by atoms with van der Waals surface area (Å²) < 4.78 is 0. The van der Waals surface area contributed by atoms with E-state index in [-0.39, 0.29) is 6.17 Å². The van der Waals surface area contributed by atoms with Crippen molar-refractivity contribution in [3.8, 4) is 0 Å². The fourth-order valence-electron chi connectivity index (χ4n) is 4.32. The molecule has 2 atom stereocenters. The number of nitrogens with two attached hydrogens (primary N) is 1. The first-order chi connectivity index (χ1) is 13.2. The van der Waals surface area contributed by atoms with Gasteiger partial charge in [-0.1, -0.05) is 0 Å². The summed E-state index contributed by atoms with van der Waals surface area (Å²) in [5, 5.41) is 3.38. The number of anilines is 3. The zero-order valence-corrected chi connectivity index (χ0v) is 16.2. The molecule has 2 aliphatic rings. The SMILES string of the molecule is CNC(c1ncc(N2CCCCC2C)nc1N)N1CCCc2ncccc21. The second-order valence-corrected chi connectivity index (χ2v) is 7.49. The van der Waals surface area contributed by atoms with E-state index in [9.17, 15) is 0 Å². The van der Waals surface area contributed by atoms with Crippen molar-refractivity contribution in [2.75, 3.05) is 35.7 Å². The second-order valence-electron chi connectivity index (χ2n) is 7.49. The number of hydrogen-bond acceptors (Lipinski definition) is 7. The number of hydrogen-bond donors (Lipinski definition) is 2. The van der Waals surface area contributed by atoms with E-state index in [0.717, 1.165) is 48.8 Å². The van der Waals surface area contributed by atoms with Gasteiger partial charge in [0.25, 0.3) is 0 Å². The molecule has 0 radical (unpaired) electrons. The quantitative estimate of drug-likeness (QED) is 0.859. The Bertz CT molecular complexity index is 794. The van der Waals surface area contributed by atoms with E-state index in [2.05, 4.69) is 33.1 Å². The fourth-order valence-corrected chi connectivity index (χ4v) is 4.32. The van der Waals surface area contributed by atoms with Gasteiger partial charge < -0.3 is 15.5 Å². The molecule has 7 heteroatoms. The Morgan fingerprint density at radius 1 is 1.22 bits per heavy atom. The molecule has 2 aromatic heterocycles. The summed E-state index contributed by atoms with van der Waals surface area (Å²) in [6.07, 6.45) is 9.38. The maximum absolute atomic E-state index is 6.39. The number of nitrogens with one attached hydrogen (secondary N) is 1. The van der Waals surface area contributed by atoms with E-state index in [4.69, 9.17) is 15.7 Å². The number of nitrogens with zero attached hydrogens (tertiary/aromatic N) is 5. The van der Waals surface area contributed by atoms with Gasteiger partial charge in [-0.2, -0.15) is 0 Å². The molecule has 0 aromatic carbocycles. The third-order valence-corrected chi connectivity index (χ3v) is 5.75. The summed E-state index contributed by atoms with van der Waals surface area (Å²) in [5.74, 6) is 1.39. The van der Waals surface area contributed by atoms with Crippen molar-refractivity contribution in [3.05, 3.63) is 35.9 Å². The summed E-state index contributed by atoms with van der Waals surface area (Å²) in [4.78, 5) is 18.6. The van der Waals surface area contributed by atoms with Gasteiger partial charge >= 0.3 is 0 Å². The van der Waals surface area contributed by atoms with Crippen molar-refractivity contribution < 1.29 is 0 Å². The molecule has 7 nitrogen and oxygen atoms in total. The molecule has 2 aromatic rings. The Balaban J connectivity index is 1.64. The van der Waals surface area contributed by atoms with E-state index >= 15 is 0 Å². The van der Waals surface area contributed by atoms with Crippen LogP contribution < -0.4 is 20.9 Å². The van der Waals surface area contributed by atoms with Crippen LogP contribution in [0.1, 0.15) is 50.2 Å². The predicted molar refractivity (Wildman–Crippen MR) is 109 cm³/mol. The molecule has 0 amide bonds. The monoisotopic (exact) mass is 367 g/mol. The highest BCUT2D eigenvalue weighted by atomic mass is 15.3. The van der Waals surface area contributed by atoms with Crippen LogP contribution in [0.25, 0.3) is 0 Å². The van der Waals surface area contributed by atoms with Crippen LogP contribution in [0.5, 0.6) is 0 Å². The molecule has 4 rings (SSSR count). The Morgan fingerprint density at radius 2 is 2.11 bits per heavy atom. The number of aromatic nitrogens is 3. The minimum absolute atomic E-state index is 0.117. The van der Waals surface area contributed by atoms with E-state index in [1.54, 1.807) is 0 Å². The van der Waals surface area contributed by atoms with Crippen molar-refractivity contribution >= 4 is 17.3 Å². The smallest absolute Gasteiger partial charge is 0.151 e. The molecular formula is C20H29N7. The molecule has 0 bridgehead atoms. The largest absolute Gasteiger partial charge is 0.382 e. The average molecular weight is 368 g/mol. The number of fused-ring (bicyclic) bond motifs is 1. The number of pyridine rings is 1. The Morgan fingerprint density at radius 3 is 2.89 bits per heavy atom. The van der Waals surface area contributed by atoms with Crippen molar-refractivity contribution in [2.45, 2.75) is 51.2 Å². The third kappa shape index (κ3) is 3.43. The molecule has 2 unspecified atom stereocenters. The number of piperidine rings is 1. The van der Waals surface area contributed by atoms with Crippen LogP contribution >= 0.6 is 0 Å². The molecule has 0 saturated carbocycles. The van der Waals surface area contributed by atoms with Gasteiger partial charge in [-0.15, -0.1) is 0 Å². The van der Waals surface area contributed by atoms with Crippen molar-refractivity contribution in [1.82, 2.24) is 20.3 Å². The lowest BCUT2D eigenvalue weighted by Gasteiger charge is -2.37. The Hall–Kier alpha value is -2.41. The highest BCUT2D eigenvalue weighted by Crippen LogP contribution is 2.33. The Labute approximate surface area is 161 Å². The normalized spacial score (nSPS) is 21.0. The summed E-state index contributed by atoms with van der Waals surface area (Å²) in [5.41, 5.74) is 9.46. The molecule has 144 valence electrons. The Kier molecular flexibility index (Phi) is 5.11. The van der Waals surface area contributed by atoms with Gasteiger partial charge in [-0.25, -0.2) is 9.97 Å². The van der Waals surface area contributed by atoms with Crippen LogP contribution in [-0.2, 0) is 6.42 Å². The third-order valence-electron chi connectivity index (χ3n) is 5.75. The van der Waals surface area contributed by atoms with Crippen LogP contribution in [0, 0.1) is 0 Å². The molecule has 0 spiro atoms. The minimum atomic E-state index is -0.117. The van der Waals surface area contributed by atoms with Crippen LogP contribution in [0.4, 0.5) is 17.3 Å². The molecule has 4 heterocycles. The van der Waals surface area contributed by atoms with Gasteiger partial charge in [-0.05, 0) is 58.2 Å². The van der Waals surface area contributed by atoms with Gasteiger partial charge in [0.1, 0.15) is 17.7 Å². The maximum atomic E-state index is 6.39. The van der Waals surface area contributed by atoms with E-state index in [0.29, 0.717) is 11.9 Å². The first-order valence-corrected chi connectivity index (χ1v) is 9.96. The molecule has 27 heavy (non-hydrogen) atoms. The predicted octanol–water partition coefficient (Wildman–Crippen LogP) is 2.50. The highest BCUT2D eigenvalue weighted by Gasteiger charge is 2.28. The van der Waals surface area contributed by atoms with Gasteiger partial charge in [0.05, 0.1) is 17.6 Å². The standard InChI is InChI=1S/C20H29N7/c1-14-7-3-4-11-26(14)17-13-24-18(19(21)25-17)20(22-2)27-12-6-8-15-16(27)9-5-10-23-15/h5,9-10,13-14,20,22H,3-4,6-8,11-12H2,1-2H3,(H2,21,25). The maximum Gasteiger partial charge on any atom is 0.151 e. The fraction of sp³-hybridized carbons (Fsp3) is 0.550. The first-order valence-electron chi connectivity index (χ1n) is 9.96. The zero-order valence-electron chi connectivity index (χ0n) is 16.2. The number of aryl methyl sites for hydroxylation is 1. The van der Waals surface area contributed by atoms with E-state index < -0.39 is 0 Å². The van der Waals surface area contributed by atoms with Gasteiger partial charge in [0, 0.05) is 25.3 Å². The molecule has 1 fully saturated rings. The zero-order chi connectivity index (χ0) is 18.8. The summed E-state index contributed by atoms with van der Waals surface area (Å²) in [7, 11) is 1.94. The molecule has 3 N–H and O–H groups in total. The van der Waals surface area contributed by atoms with Crippen molar-refractivity contribution in [2.24, 2.45) is 0 Å². The van der Waals surface area contributed by atoms with Crippen molar-refractivity contribution in [1.29, 1.82) is 0 Å². The van der Waals surface area contributed by atoms with E-state index in [1.807, 2.05) is 25.5 Å². The minimum Gasteiger partial charge on any atom is -0.382 e. The topological polar surface area (TPSA) is 83.2 Å².